The van der Waals surface area contributed by atoms with Crippen LogP contribution in [0.2, 0.25) is 0 Å². The number of hydrogen-bond donors (Lipinski definition) is 0. The zero-order valence-corrected chi connectivity index (χ0v) is 16.8. The highest BCUT2D eigenvalue weighted by atomic mass is 32.2. The van der Waals surface area contributed by atoms with Crippen molar-refractivity contribution >= 4 is 40.4 Å². The lowest BCUT2D eigenvalue weighted by atomic mass is 9.87. The highest BCUT2D eigenvalue weighted by Crippen LogP contribution is 2.38. The molecule has 1 aromatic heterocycles. The van der Waals surface area contributed by atoms with Crippen molar-refractivity contribution in [2.45, 2.75) is 10.7 Å². The molecule has 31 heavy (non-hydrogen) atoms. The molecule has 0 aliphatic heterocycles. The number of hydrogen-bond acceptors (Lipinski definition) is 4. The average Bonchev–Trinajstić information content (AvgIpc) is 3.17. The number of aromatic nitrogens is 2. The van der Waals surface area contributed by atoms with E-state index < -0.39 is 5.76 Å². The summed E-state index contributed by atoms with van der Waals surface area (Å²) >= 11 is 0.471. The van der Waals surface area contributed by atoms with Gasteiger partial charge in [-0.15, -0.1) is 0 Å². The predicted molar refractivity (Wildman–Crippen MR) is 117 cm³/mol. The molecule has 1 heterocycles. The summed E-state index contributed by atoms with van der Waals surface area (Å²) in [6.07, 6.45) is 2.98. The minimum atomic E-state index is -2.48. The molecule has 152 valence electrons. The number of ketones is 1. The van der Waals surface area contributed by atoms with E-state index in [0.717, 1.165) is 0 Å². The molecular weight excluding hydrogens is 418 g/mol. The van der Waals surface area contributed by atoms with E-state index in [1.807, 2.05) is 12.1 Å². The molecule has 0 atom stereocenters. The molecule has 0 fully saturated rings. The Hall–Kier alpha value is -3.58. The number of benzene rings is 3. The Balaban J connectivity index is 1.52. The lowest BCUT2D eigenvalue weighted by Gasteiger charge is -2.13. The van der Waals surface area contributed by atoms with Crippen LogP contribution >= 0.6 is 11.8 Å². The van der Waals surface area contributed by atoms with Gasteiger partial charge in [-0.2, -0.15) is 18.6 Å². The number of rotatable bonds is 4. The number of carbonyl (C=O) groups excluding carboxylic acids is 2. The van der Waals surface area contributed by atoms with Crippen molar-refractivity contribution < 1.29 is 18.4 Å². The van der Waals surface area contributed by atoms with Gasteiger partial charge in [-0.1, -0.05) is 60.3 Å². The summed E-state index contributed by atoms with van der Waals surface area (Å²) in [5, 5.41) is 5.20. The Morgan fingerprint density at radius 2 is 1.65 bits per heavy atom. The quantitative estimate of drug-likeness (QED) is 0.261. The Labute approximate surface area is 180 Å². The van der Waals surface area contributed by atoms with Gasteiger partial charge in [0.05, 0.1) is 5.52 Å². The fourth-order valence-electron chi connectivity index (χ4n) is 3.75. The summed E-state index contributed by atoms with van der Waals surface area (Å²) in [4.78, 5) is 26.3. The van der Waals surface area contributed by atoms with Crippen molar-refractivity contribution in [3.05, 3.63) is 89.5 Å². The average molecular weight is 432 g/mol. The van der Waals surface area contributed by atoms with E-state index in [1.165, 1.54) is 10.8 Å². The van der Waals surface area contributed by atoms with Gasteiger partial charge in [0.25, 0.3) is 11.7 Å². The molecule has 7 heteroatoms. The van der Waals surface area contributed by atoms with E-state index in [2.05, 4.69) is 5.10 Å². The number of nitrogens with zero attached hydrogens (tertiary/aromatic N) is 2. The lowest BCUT2D eigenvalue weighted by Crippen LogP contribution is -2.09. The van der Waals surface area contributed by atoms with Crippen LogP contribution in [-0.2, 0) is 0 Å². The van der Waals surface area contributed by atoms with Crippen molar-refractivity contribution in [2.75, 3.05) is 0 Å². The van der Waals surface area contributed by atoms with E-state index in [1.54, 1.807) is 60.7 Å². The maximum Gasteiger partial charge on any atom is 0.288 e. The number of fused-ring (bicyclic) bond motifs is 2. The first-order valence-corrected chi connectivity index (χ1v) is 10.3. The second kappa shape index (κ2) is 7.59. The molecule has 0 amide bonds. The van der Waals surface area contributed by atoms with Gasteiger partial charge in [-0.3, -0.25) is 9.59 Å². The van der Waals surface area contributed by atoms with Crippen molar-refractivity contribution in [3.8, 4) is 11.3 Å². The van der Waals surface area contributed by atoms with Crippen LogP contribution < -0.4 is 0 Å². The van der Waals surface area contributed by atoms with Crippen LogP contribution in [-0.4, -0.2) is 27.2 Å². The van der Waals surface area contributed by atoms with Gasteiger partial charge in [0, 0.05) is 33.0 Å². The van der Waals surface area contributed by atoms with Gasteiger partial charge in [-0.05, 0) is 29.8 Å². The van der Waals surface area contributed by atoms with Crippen molar-refractivity contribution in [1.29, 1.82) is 0 Å². The summed E-state index contributed by atoms with van der Waals surface area (Å²) < 4.78 is 26.2. The number of halogens is 2. The third kappa shape index (κ3) is 3.37. The van der Waals surface area contributed by atoms with Crippen molar-refractivity contribution in [3.63, 3.8) is 0 Å². The molecule has 0 unspecified atom stereocenters. The highest BCUT2D eigenvalue weighted by Gasteiger charge is 2.29. The number of alkyl halides is 2. The van der Waals surface area contributed by atoms with Gasteiger partial charge in [0.1, 0.15) is 5.69 Å². The molecule has 1 aliphatic carbocycles. The van der Waals surface area contributed by atoms with E-state index in [9.17, 15) is 18.4 Å². The van der Waals surface area contributed by atoms with Crippen LogP contribution in [0.15, 0.2) is 77.7 Å². The SMILES string of the molecule is O=C1c2ccccc2-c2nn(C(=O)/C=C/c3ccc(SC(F)F)cc3)c3cccc1c23. The first-order chi connectivity index (χ1) is 15.0. The van der Waals surface area contributed by atoms with Gasteiger partial charge < -0.3 is 0 Å². The molecule has 1 aliphatic rings. The van der Waals surface area contributed by atoms with E-state index in [0.29, 0.717) is 55.5 Å². The van der Waals surface area contributed by atoms with Crippen LogP contribution in [0.1, 0.15) is 26.3 Å². The van der Waals surface area contributed by atoms with E-state index in [-0.39, 0.29) is 11.7 Å². The van der Waals surface area contributed by atoms with Crippen LogP contribution in [0.25, 0.3) is 28.2 Å². The number of carbonyl (C=O) groups is 2. The van der Waals surface area contributed by atoms with Crippen molar-refractivity contribution in [1.82, 2.24) is 9.78 Å². The van der Waals surface area contributed by atoms with Gasteiger partial charge in [-0.25, -0.2) is 0 Å². The van der Waals surface area contributed by atoms with Crippen LogP contribution in [0, 0.1) is 0 Å². The standard InChI is InChI=1S/C24H14F2N2O2S/c25-24(26)31-15-11-8-14(9-12-15)10-13-20(29)28-19-7-3-6-18-21(19)22(27-28)16-4-1-2-5-17(16)23(18)30/h1-13,24H/b13-10+. The molecule has 0 spiro atoms. The zero-order valence-electron chi connectivity index (χ0n) is 16.0. The minimum Gasteiger partial charge on any atom is -0.289 e. The molecule has 0 saturated carbocycles. The maximum absolute atomic E-state index is 12.9. The fourth-order valence-corrected chi connectivity index (χ4v) is 4.25. The summed E-state index contributed by atoms with van der Waals surface area (Å²) in [5.41, 5.74) is 3.68. The lowest BCUT2D eigenvalue weighted by molar-refractivity contribution is 0.0960. The minimum absolute atomic E-state index is 0.0852. The molecule has 4 aromatic rings. The van der Waals surface area contributed by atoms with Gasteiger partial charge >= 0.3 is 0 Å². The summed E-state index contributed by atoms with van der Waals surface area (Å²) in [7, 11) is 0. The normalized spacial score (nSPS) is 12.7. The van der Waals surface area contributed by atoms with E-state index >= 15 is 0 Å². The topological polar surface area (TPSA) is 52.0 Å². The van der Waals surface area contributed by atoms with Gasteiger partial charge in [0.15, 0.2) is 5.78 Å². The Kier molecular flexibility index (Phi) is 4.75. The molecule has 3 aromatic carbocycles. The fraction of sp³-hybridized carbons (Fsp3) is 0.0417. The molecule has 0 bridgehead atoms. The zero-order chi connectivity index (χ0) is 21.5. The largest absolute Gasteiger partial charge is 0.289 e. The molecule has 4 nitrogen and oxygen atoms in total. The Bertz CT molecular complexity index is 1370. The third-order valence-corrected chi connectivity index (χ3v) is 5.83. The first kappa shape index (κ1) is 19.4. The molecule has 0 saturated heterocycles. The summed E-state index contributed by atoms with van der Waals surface area (Å²) in [5.74, 6) is -2.93. The first-order valence-electron chi connectivity index (χ1n) is 9.46. The van der Waals surface area contributed by atoms with Crippen LogP contribution in [0.4, 0.5) is 8.78 Å². The summed E-state index contributed by atoms with van der Waals surface area (Å²) in [6, 6.07) is 19.0. The Morgan fingerprint density at radius 1 is 0.935 bits per heavy atom. The predicted octanol–water partition coefficient (Wildman–Crippen LogP) is 5.92. The monoisotopic (exact) mass is 432 g/mol. The Morgan fingerprint density at radius 3 is 2.39 bits per heavy atom. The highest BCUT2D eigenvalue weighted by molar-refractivity contribution is 7.99. The smallest absolute Gasteiger partial charge is 0.288 e. The molecular formula is C24H14F2N2O2S. The second-order valence-electron chi connectivity index (χ2n) is 6.95. The third-order valence-electron chi connectivity index (χ3n) is 5.11. The van der Waals surface area contributed by atoms with E-state index in [4.69, 9.17) is 0 Å². The molecule has 0 radical (unpaired) electrons. The number of allylic oxidation sites excluding steroid dienone is 1. The van der Waals surface area contributed by atoms with Gasteiger partial charge in [0.2, 0.25) is 0 Å². The molecule has 0 N–H and O–H groups in total. The van der Waals surface area contributed by atoms with Crippen LogP contribution in [0.3, 0.4) is 0 Å². The second-order valence-corrected chi connectivity index (χ2v) is 8.02. The van der Waals surface area contributed by atoms with Crippen molar-refractivity contribution in [2.24, 2.45) is 0 Å². The maximum atomic E-state index is 12.9. The molecule has 5 rings (SSSR count). The summed E-state index contributed by atoms with van der Waals surface area (Å²) in [6.45, 7) is 0. The van der Waals surface area contributed by atoms with Crippen LogP contribution in [0.5, 0.6) is 0 Å². The number of thioether (sulfide) groups is 1.